The first-order valence-electron chi connectivity index (χ1n) is 8.00. The van der Waals surface area contributed by atoms with Gasteiger partial charge in [-0.3, -0.25) is 0 Å². The van der Waals surface area contributed by atoms with E-state index in [1.165, 1.54) is 28.7 Å². The van der Waals surface area contributed by atoms with Crippen molar-refractivity contribution in [3.8, 4) is 5.69 Å². The van der Waals surface area contributed by atoms with Gasteiger partial charge in [0, 0.05) is 12.1 Å². The molecule has 6 heteroatoms. The summed E-state index contributed by atoms with van der Waals surface area (Å²) in [6, 6.07) is 20.2. The van der Waals surface area contributed by atoms with Crippen LogP contribution in [0.5, 0.6) is 0 Å². The summed E-state index contributed by atoms with van der Waals surface area (Å²) in [5, 5.41) is 1.24. The lowest BCUT2D eigenvalue weighted by Crippen LogP contribution is -2.28. The van der Waals surface area contributed by atoms with Crippen LogP contribution in [0.3, 0.4) is 0 Å². The van der Waals surface area contributed by atoms with Crippen LogP contribution in [0.15, 0.2) is 90.2 Å². The zero-order valence-electron chi connectivity index (χ0n) is 14.2. The summed E-state index contributed by atoms with van der Waals surface area (Å²) in [6.07, 6.45) is 6.13. The Hall–Kier alpha value is -2.96. The van der Waals surface area contributed by atoms with Crippen LogP contribution in [0, 0.1) is 6.92 Å². The Morgan fingerprint density at radius 2 is 1.54 bits per heavy atom. The Balaban J connectivity index is 0.000000160. The van der Waals surface area contributed by atoms with E-state index in [0.29, 0.717) is 0 Å². The number of aryl methyl sites for hydroxylation is 1. The van der Waals surface area contributed by atoms with Gasteiger partial charge in [-0.1, -0.05) is 35.9 Å². The Bertz CT molecular complexity index is 1100. The van der Waals surface area contributed by atoms with E-state index in [2.05, 4.69) is 40.1 Å². The van der Waals surface area contributed by atoms with Gasteiger partial charge in [0.1, 0.15) is 10.1 Å². The largest absolute Gasteiger partial charge is 0.744 e. The standard InChI is InChI=1S/C13H11N2.C7H8O3S/c1-4-8-15(9-5-1)13-10-14-12-7-3-2-6-11(12)13;1-6-2-4-7(5-3-6)11(8,9)10/h1-10,14H;2-5H,1H3,(H,8,9,10)/q+1;/p-1. The monoisotopic (exact) mass is 366 g/mol. The van der Waals surface area contributed by atoms with E-state index in [-0.39, 0.29) is 4.90 Å². The molecule has 0 aliphatic heterocycles. The van der Waals surface area contributed by atoms with E-state index < -0.39 is 10.1 Å². The van der Waals surface area contributed by atoms with Crippen LogP contribution in [0.1, 0.15) is 5.56 Å². The van der Waals surface area contributed by atoms with E-state index in [1.807, 2.05) is 37.4 Å². The fraction of sp³-hybridized carbons (Fsp3) is 0.0500. The second-order valence-electron chi connectivity index (χ2n) is 5.77. The third-order valence-electron chi connectivity index (χ3n) is 3.87. The van der Waals surface area contributed by atoms with Crippen molar-refractivity contribution < 1.29 is 17.5 Å². The van der Waals surface area contributed by atoms with Crippen LogP contribution in [-0.2, 0) is 10.1 Å². The van der Waals surface area contributed by atoms with Gasteiger partial charge in [-0.15, -0.1) is 0 Å². The van der Waals surface area contributed by atoms with Crippen LogP contribution in [0.25, 0.3) is 16.6 Å². The van der Waals surface area contributed by atoms with Gasteiger partial charge >= 0.3 is 0 Å². The number of aromatic nitrogens is 2. The number of aromatic amines is 1. The molecule has 1 N–H and O–H groups in total. The fourth-order valence-corrected chi connectivity index (χ4v) is 3.00. The van der Waals surface area contributed by atoms with Crippen molar-refractivity contribution in [3.05, 3.63) is 90.9 Å². The van der Waals surface area contributed by atoms with Crippen molar-refractivity contribution in [3.63, 3.8) is 0 Å². The number of pyridine rings is 1. The summed E-state index contributed by atoms with van der Waals surface area (Å²) < 4.78 is 33.3. The zero-order valence-corrected chi connectivity index (χ0v) is 15.0. The van der Waals surface area contributed by atoms with Crippen molar-refractivity contribution in [1.82, 2.24) is 4.98 Å². The number of nitrogens with one attached hydrogen (secondary N) is 1. The molecule has 4 aromatic rings. The minimum Gasteiger partial charge on any atom is -0.744 e. The molecule has 5 nitrogen and oxygen atoms in total. The fourth-order valence-electron chi connectivity index (χ4n) is 2.53. The Kier molecular flexibility index (Phi) is 5.16. The molecular formula is C20H18N2O3S. The van der Waals surface area contributed by atoms with Crippen LogP contribution >= 0.6 is 0 Å². The maximum Gasteiger partial charge on any atom is 0.236 e. The lowest BCUT2D eigenvalue weighted by atomic mass is 10.2. The van der Waals surface area contributed by atoms with E-state index in [0.717, 1.165) is 5.56 Å². The summed E-state index contributed by atoms with van der Waals surface area (Å²) in [5.74, 6) is 0. The third-order valence-corrected chi connectivity index (χ3v) is 4.72. The first-order valence-corrected chi connectivity index (χ1v) is 9.41. The second-order valence-corrected chi connectivity index (χ2v) is 7.15. The SMILES string of the molecule is Cc1ccc(S(=O)(=O)[O-])cc1.c1cc[n+](-c2c[nH]c3ccccc23)cc1. The lowest BCUT2D eigenvalue weighted by molar-refractivity contribution is -0.594. The normalized spacial score (nSPS) is 11.0. The summed E-state index contributed by atoms with van der Waals surface area (Å²) in [4.78, 5) is 3.09. The number of nitrogens with zero attached hydrogens (tertiary/aromatic N) is 1. The number of para-hydroxylation sites is 1. The van der Waals surface area contributed by atoms with E-state index in [9.17, 15) is 13.0 Å². The molecule has 0 unspecified atom stereocenters. The van der Waals surface area contributed by atoms with Gasteiger partial charge in [0.2, 0.25) is 5.69 Å². The molecule has 4 rings (SSSR count). The molecule has 0 fully saturated rings. The van der Waals surface area contributed by atoms with Crippen molar-refractivity contribution >= 4 is 21.0 Å². The highest BCUT2D eigenvalue weighted by Gasteiger charge is 2.10. The summed E-state index contributed by atoms with van der Waals surface area (Å²) in [6.45, 7) is 1.82. The topological polar surface area (TPSA) is 76.9 Å². The second kappa shape index (κ2) is 7.51. The van der Waals surface area contributed by atoms with E-state index in [4.69, 9.17) is 0 Å². The minimum atomic E-state index is -4.27. The van der Waals surface area contributed by atoms with Gasteiger partial charge in [0.05, 0.1) is 22.0 Å². The van der Waals surface area contributed by atoms with Crippen LogP contribution in [-0.4, -0.2) is 18.0 Å². The Morgan fingerprint density at radius 1 is 0.885 bits per heavy atom. The number of hydrogen-bond donors (Lipinski definition) is 1. The molecular weight excluding hydrogens is 348 g/mol. The van der Waals surface area contributed by atoms with Gasteiger partial charge in [0.15, 0.2) is 12.4 Å². The Morgan fingerprint density at radius 3 is 2.19 bits per heavy atom. The highest BCUT2D eigenvalue weighted by molar-refractivity contribution is 7.85. The van der Waals surface area contributed by atoms with Crippen LogP contribution < -0.4 is 4.57 Å². The summed E-state index contributed by atoms with van der Waals surface area (Å²) >= 11 is 0. The zero-order chi connectivity index (χ0) is 18.6. The molecule has 0 bridgehead atoms. The number of rotatable bonds is 2. The predicted molar refractivity (Wildman–Crippen MR) is 99.0 cm³/mol. The molecule has 2 aromatic carbocycles. The molecule has 0 atom stereocenters. The van der Waals surface area contributed by atoms with Gasteiger partial charge in [-0.2, -0.15) is 4.57 Å². The van der Waals surface area contributed by atoms with E-state index in [1.54, 1.807) is 12.1 Å². The average Bonchev–Trinajstić information content (AvgIpc) is 3.07. The van der Waals surface area contributed by atoms with Crippen molar-refractivity contribution in [1.29, 1.82) is 0 Å². The lowest BCUT2D eigenvalue weighted by Gasteiger charge is -2.05. The molecule has 0 aliphatic rings. The number of hydrogen-bond acceptors (Lipinski definition) is 3. The first-order chi connectivity index (χ1) is 12.4. The van der Waals surface area contributed by atoms with Crippen LogP contribution in [0.4, 0.5) is 0 Å². The molecule has 0 aliphatic carbocycles. The highest BCUT2D eigenvalue weighted by atomic mass is 32.2. The molecule has 0 radical (unpaired) electrons. The minimum absolute atomic E-state index is 0.178. The van der Waals surface area contributed by atoms with Crippen molar-refractivity contribution in [2.75, 3.05) is 0 Å². The van der Waals surface area contributed by atoms with Gasteiger partial charge in [0.25, 0.3) is 0 Å². The molecule has 0 amide bonds. The van der Waals surface area contributed by atoms with Gasteiger partial charge in [-0.05, 0) is 31.2 Å². The third kappa shape index (κ3) is 4.17. The molecule has 26 heavy (non-hydrogen) atoms. The maximum atomic E-state index is 10.4. The molecule has 132 valence electrons. The Labute approximate surface area is 152 Å². The summed E-state index contributed by atoms with van der Waals surface area (Å²) in [7, 11) is -4.27. The average molecular weight is 366 g/mol. The molecule has 2 heterocycles. The summed E-state index contributed by atoms with van der Waals surface area (Å²) in [5.41, 5.74) is 3.28. The quantitative estimate of drug-likeness (QED) is 0.437. The number of fused-ring (bicyclic) bond motifs is 1. The smallest absolute Gasteiger partial charge is 0.236 e. The van der Waals surface area contributed by atoms with Crippen molar-refractivity contribution in [2.45, 2.75) is 11.8 Å². The van der Waals surface area contributed by atoms with Crippen molar-refractivity contribution in [2.24, 2.45) is 0 Å². The van der Waals surface area contributed by atoms with E-state index >= 15 is 0 Å². The highest BCUT2D eigenvalue weighted by Crippen LogP contribution is 2.16. The predicted octanol–water partition coefficient (Wildman–Crippen LogP) is 3.34. The molecule has 0 spiro atoms. The molecule has 2 aromatic heterocycles. The molecule has 0 saturated heterocycles. The van der Waals surface area contributed by atoms with Gasteiger partial charge < -0.3 is 9.54 Å². The number of H-pyrrole nitrogens is 1. The van der Waals surface area contributed by atoms with Crippen LogP contribution in [0.2, 0.25) is 0 Å². The number of benzene rings is 2. The van der Waals surface area contributed by atoms with Gasteiger partial charge in [-0.25, -0.2) is 8.42 Å². The molecule has 0 saturated carbocycles. The maximum absolute atomic E-state index is 10.4. The first kappa shape index (κ1) is 17.8.